The maximum Gasteiger partial charge on any atom is 0.159 e. The second-order valence-electron chi connectivity index (χ2n) is 4.55. The minimum absolute atomic E-state index is 0.153. The van der Waals surface area contributed by atoms with Crippen LogP contribution in [0, 0.1) is 12.7 Å². The molecule has 0 heterocycles. The number of Topliss-reactive ketones (excluding diaryl/α,β-unsaturated/α-hetero) is 1. The van der Waals surface area contributed by atoms with Crippen molar-refractivity contribution in [3.8, 4) is 11.1 Å². The van der Waals surface area contributed by atoms with E-state index in [-0.39, 0.29) is 5.78 Å². The molecule has 0 saturated carbocycles. The first kappa shape index (κ1) is 14.1. The van der Waals surface area contributed by atoms with Crippen LogP contribution >= 0.6 is 0 Å². The summed E-state index contributed by atoms with van der Waals surface area (Å²) in [5.41, 5.74) is 3.21. The lowest BCUT2D eigenvalue weighted by molar-refractivity contribution is 0.101. The summed E-state index contributed by atoms with van der Waals surface area (Å²) in [5, 5.41) is 7.76. The maximum atomic E-state index is 14.1. The standard InChI is InChI=1S/C16H15FN2O/c1-10-4-5-13(9-16(10)19-18-3)14-7-6-12(11(2)20)8-15(14)17/h4-9H,1-3H3. The van der Waals surface area contributed by atoms with Crippen molar-refractivity contribution in [3.05, 3.63) is 53.3 Å². The third-order valence-corrected chi connectivity index (χ3v) is 3.10. The summed E-state index contributed by atoms with van der Waals surface area (Å²) in [7, 11) is 1.59. The van der Waals surface area contributed by atoms with Gasteiger partial charge in [-0.25, -0.2) is 4.39 Å². The lowest BCUT2D eigenvalue weighted by Crippen LogP contribution is -1.94. The van der Waals surface area contributed by atoms with E-state index >= 15 is 0 Å². The van der Waals surface area contributed by atoms with Gasteiger partial charge in [-0.15, -0.1) is 0 Å². The van der Waals surface area contributed by atoms with Crippen molar-refractivity contribution in [2.75, 3.05) is 7.05 Å². The highest BCUT2D eigenvalue weighted by Crippen LogP contribution is 2.29. The SMILES string of the molecule is CN=Nc1cc(-c2ccc(C(C)=O)cc2F)ccc1C. The third-order valence-electron chi connectivity index (χ3n) is 3.10. The highest BCUT2D eigenvalue weighted by molar-refractivity contribution is 5.94. The molecule has 0 bridgehead atoms. The summed E-state index contributed by atoms with van der Waals surface area (Å²) in [4.78, 5) is 11.2. The minimum atomic E-state index is -0.416. The van der Waals surface area contributed by atoms with Crippen molar-refractivity contribution in [3.63, 3.8) is 0 Å². The summed E-state index contributed by atoms with van der Waals surface area (Å²) in [6.07, 6.45) is 0. The van der Waals surface area contributed by atoms with E-state index in [1.807, 2.05) is 19.1 Å². The summed E-state index contributed by atoms with van der Waals surface area (Å²) in [6.45, 7) is 3.34. The molecule has 0 spiro atoms. The van der Waals surface area contributed by atoms with Crippen molar-refractivity contribution < 1.29 is 9.18 Å². The molecule has 2 aromatic rings. The fraction of sp³-hybridized carbons (Fsp3) is 0.188. The van der Waals surface area contributed by atoms with Gasteiger partial charge in [-0.2, -0.15) is 10.2 Å². The number of hydrogen-bond acceptors (Lipinski definition) is 3. The van der Waals surface area contributed by atoms with Crippen molar-refractivity contribution in [1.29, 1.82) is 0 Å². The number of benzene rings is 2. The van der Waals surface area contributed by atoms with Gasteiger partial charge in [0.1, 0.15) is 5.82 Å². The quantitative estimate of drug-likeness (QED) is 0.588. The van der Waals surface area contributed by atoms with Crippen LogP contribution in [0.5, 0.6) is 0 Å². The molecule has 0 fully saturated rings. The lowest BCUT2D eigenvalue weighted by atomic mass is 10.00. The number of halogens is 1. The molecule has 0 aliphatic carbocycles. The van der Waals surface area contributed by atoms with Gasteiger partial charge < -0.3 is 0 Å². The van der Waals surface area contributed by atoms with Gasteiger partial charge >= 0.3 is 0 Å². The zero-order valence-electron chi connectivity index (χ0n) is 11.6. The Labute approximate surface area is 117 Å². The number of hydrogen-bond donors (Lipinski definition) is 0. The number of aryl methyl sites for hydroxylation is 1. The van der Waals surface area contributed by atoms with Gasteiger partial charge in [0.2, 0.25) is 0 Å². The van der Waals surface area contributed by atoms with Gasteiger partial charge in [-0.3, -0.25) is 4.79 Å². The Kier molecular flexibility index (Phi) is 4.03. The van der Waals surface area contributed by atoms with Crippen LogP contribution < -0.4 is 0 Å². The molecular formula is C16H15FN2O. The average Bonchev–Trinajstić information content (AvgIpc) is 2.41. The van der Waals surface area contributed by atoms with Crippen LogP contribution in [0.15, 0.2) is 46.6 Å². The number of rotatable bonds is 3. The molecule has 0 radical (unpaired) electrons. The fourth-order valence-corrected chi connectivity index (χ4v) is 1.96. The Hall–Kier alpha value is -2.36. The summed E-state index contributed by atoms with van der Waals surface area (Å²) >= 11 is 0. The Morgan fingerprint density at radius 1 is 1.15 bits per heavy atom. The second kappa shape index (κ2) is 5.74. The van der Waals surface area contributed by atoms with Crippen LogP contribution in [0.4, 0.5) is 10.1 Å². The smallest absolute Gasteiger partial charge is 0.159 e. The van der Waals surface area contributed by atoms with Gasteiger partial charge in [-0.05, 0) is 37.1 Å². The number of ketones is 1. The van der Waals surface area contributed by atoms with E-state index in [0.29, 0.717) is 22.4 Å². The van der Waals surface area contributed by atoms with E-state index in [4.69, 9.17) is 0 Å². The monoisotopic (exact) mass is 270 g/mol. The van der Waals surface area contributed by atoms with Gasteiger partial charge in [0.05, 0.1) is 5.69 Å². The van der Waals surface area contributed by atoms with E-state index in [2.05, 4.69) is 10.2 Å². The minimum Gasteiger partial charge on any atom is -0.295 e. The molecule has 0 aromatic heterocycles. The average molecular weight is 270 g/mol. The van der Waals surface area contributed by atoms with Crippen LogP contribution in [-0.2, 0) is 0 Å². The molecule has 2 aromatic carbocycles. The fourth-order valence-electron chi connectivity index (χ4n) is 1.96. The van der Waals surface area contributed by atoms with Gasteiger partial charge in [0.15, 0.2) is 5.78 Å². The highest BCUT2D eigenvalue weighted by atomic mass is 19.1. The van der Waals surface area contributed by atoms with Crippen LogP contribution in [-0.4, -0.2) is 12.8 Å². The molecule has 0 atom stereocenters. The van der Waals surface area contributed by atoms with Crippen LogP contribution in [0.25, 0.3) is 11.1 Å². The normalized spacial score (nSPS) is 11.0. The Morgan fingerprint density at radius 3 is 2.50 bits per heavy atom. The predicted octanol–water partition coefficient (Wildman–Crippen LogP) is 4.72. The molecule has 0 aliphatic heterocycles. The first-order chi connectivity index (χ1) is 9.52. The van der Waals surface area contributed by atoms with Crippen LogP contribution in [0.2, 0.25) is 0 Å². The molecule has 0 saturated heterocycles. The molecule has 3 nitrogen and oxygen atoms in total. The molecule has 20 heavy (non-hydrogen) atoms. The van der Waals surface area contributed by atoms with Gasteiger partial charge in [0.25, 0.3) is 0 Å². The highest BCUT2D eigenvalue weighted by Gasteiger charge is 2.09. The van der Waals surface area contributed by atoms with Crippen LogP contribution in [0.3, 0.4) is 0 Å². The molecule has 0 unspecified atom stereocenters. The molecule has 0 aliphatic rings. The lowest BCUT2D eigenvalue weighted by Gasteiger charge is -2.07. The van der Waals surface area contributed by atoms with Gasteiger partial charge in [-0.1, -0.05) is 24.3 Å². The number of azo groups is 1. The van der Waals surface area contributed by atoms with Crippen molar-refractivity contribution in [2.45, 2.75) is 13.8 Å². The molecule has 102 valence electrons. The third kappa shape index (κ3) is 2.79. The summed E-state index contributed by atoms with van der Waals surface area (Å²) in [5.74, 6) is -0.569. The van der Waals surface area contributed by atoms with Gasteiger partial charge in [0, 0.05) is 18.2 Å². The Bertz CT molecular complexity index is 693. The van der Waals surface area contributed by atoms with E-state index in [1.54, 1.807) is 25.2 Å². The van der Waals surface area contributed by atoms with Crippen molar-refractivity contribution in [1.82, 2.24) is 0 Å². The zero-order chi connectivity index (χ0) is 14.7. The second-order valence-corrected chi connectivity index (χ2v) is 4.55. The van der Waals surface area contributed by atoms with E-state index in [1.165, 1.54) is 13.0 Å². The van der Waals surface area contributed by atoms with Crippen molar-refractivity contribution >= 4 is 11.5 Å². The summed E-state index contributed by atoms with van der Waals surface area (Å²) < 4.78 is 14.1. The number of carbonyl (C=O) groups is 1. The van der Waals surface area contributed by atoms with E-state index < -0.39 is 5.82 Å². The molecule has 0 amide bonds. The van der Waals surface area contributed by atoms with Crippen molar-refractivity contribution in [2.24, 2.45) is 10.2 Å². The van der Waals surface area contributed by atoms with Crippen LogP contribution in [0.1, 0.15) is 22.8 Å². The Morgan fingerprint density at radius 2 is 1.90 bits per heavy atom. The first-order valence-corrected chi connectivity index (χ1v) is 6.24. The maximum absolute atomic E-state index is 14.1. The van der Waals surface area contributed by atoms with E-state index in [9.17, 15) is 9.18 Å². The molecule has 4 heteroatoms. The largest absolute Gasteiger partial charge is 0.295 e. The molecule has 2 rings (SSSR count). The predicted molar refractivity (Wildman–Crippen MR) is 77.0 cm³/mol. The topological polar surface area (TPSA) is 41.8 Å². The molecule has 0 N–H and O–H groups in total. The zero-order valence-corrected chi connectivity index (χ0v) is 11.6. The number of nitrogens with zero attached hydrogens (tertiary/aromatic N) is 2. The molecular weight excluding hydrogens is 255 g/mol. The number of carbonyl (C=O) groups excluding carboxylic acids is 1. The van der Waals surface area contributed by atoms with E-state index in [0.717, 1.165) is 5.56 Å². The first-order valence-electron chi connectivity index (χ1n) is 6.24. The Balaban J connectivity index is 2.51. The summed E-state index contributed by atoms with van der Waals surface area (Å²) in [6, 6.07) is 9.99.